The van der Waals surface area contributed by atoms with E-state index in [4.69, 9.17) is 70.6 Å². The molecule has 15 atom stereocenters. The number of esters is 1. The van der Waals surface area contributed by atoms with Gasteiger partial charge in [0, 0.05) is 46.1 Å². The van der Waals surface area contributed by atoms with Gasteiger partial charge in [-0.05, 0) is 45.6 Å². The summed E-state index contributed by atoms with van der Waals surface area (Å²) in [6, 6.07) is -4.56. The van der Waals surface area contributed by atoms with Gasteiger partial charge >= 0.3 is 30.3 Å². The third-order valence-corrected chi connectivity index (χ3v) is 13.9. The number of unbranched alkanes of at least 4 members (excludes halogenated alkanes) is 10. The zero-order chi connectivity index (χ0) is 58.9. The Morgan fingerprint density at radius 1 is 0.637 bits per heavy atom. The highest BCUT2D eigenvalue weighted by Crippen LogP contribution is 2.32. The van der Waals surface area contributed by atoms with Crippen LogP contribution < -0.4 is 38.9 Å². The lowest BCUT2D eigenvalue weighted by Gasteiger charge is -2.49. The minimum absolute atomic E-state index is 0.0177. The molecule has 0 aromatic carbocycles. The summed E-state index contributed by atoms with van der Waals surface area (Å²) in [7, 11) is 2.78. The van der Waals surface area contributed by atoms with E-state index in [9.17, 15) is 59.1 Å². The van der Waals surface area contributed by atoms with E-state index >= 15 is 0 Å². The molecule has 0 spiro atoms. The molecule has 0 aromatic heterocycles. The molecule has 4 saturated heterocycles. The Morgan fingerprint density at radius 2 is 1.15 bits per heavy atom. The van der Waals surface area contributed by atoms with Gasteiger partial charge in [0.1, 0.15) is 80.6 Å². The van der Waals surface area contributed by atoms with Crippen LogP contribution >= 0.6 is 0 Å². The summed E-state index contributed by atoms with van der Waals surface area (Å²) in [4.78, 5) is 93.1. The number of carbonyl (C=O) groups excluding carboxylic acids is 7. The molecule has 15 unspecified atom stereocenters. The fourth-order valence-electron chi connectivity index (χ4n) is 9.42. The van der Waals surface area contributed by atoms with Gasteiger partial charge in [0.25, 0.3) is 0 Å². The third-order valence-electron chi connectivity index (χ3n) is 13.9. The Hall–Kier alpha value is -5.16. The van der Waals surface area contributed by atoms with Crippen LogP contribution in [0.1, 0.15) is 103 Å². The van der Waals surface area contributed by atoms with Crippen molar-refractivity contribution in [3.63, 3.8) is 0 Å². The second kappa shape index (κ2) is 35.0. The monoisotopic (exact) mass is 1150 g/mol. The Morgan fingerprint density at radius 3 is 1.76 bits per heavy atom. The number of nitrogens with two attached hydrogens (primary N) is 4. The number of aliphatic hydroxyl groups is 5. The number of methoxy groups -OCH3 is 1. The Kier molecular flexibility index (Phi) is 29.4. The first-order valence-corrected chi connectivity index (χ1v) is 27.3. The minimum Gasteiger partial charge on any atom is -0.469 e. The lowest BCUT2D eigenvalue weighted by molar-refractivity contribution is -0.348. The van der Waals surface area contributed by atoms with Crippen LogP contribution in [0.2, 0.25) is 0 Å². The average Bonchev–Trinajstić information content (AvgIpc) is 3.46. The van der Waals surface area contributed by atoms with Gasteiger partial charge in [-0.15, -0.1) is 0 Å². The van der Waals surface area contributed by atoms with Gasteiger partial charge in [0.15, 0.2) is 18.9 Å². The van der Waals surface area contributed by atoms with Gasteiger partial charge in [-0.2, -0.15) is 0 Å². The van der Waals surface area contributed by atoms with Crippen molar-refractivity contribution in [2.24, 2.45) is 27.9 Å². The molecule has 0 saturated carbocycles. The molecule has 31 heteroatoms. The molecule has 0 aromatic rings. The van der Waals surface area contributed by atoms with Crippen LogP contribution in [-0.4, -0.2) is 242 Å². The molecule has 4 heterocycles. The van der Waals surface area contributed by atoms with Crippen LogP contribution in [0.15, 0.2) is 4.99 Å². The van der Waals surface area contributed by atoms with Crippen molar-refractivity contribution in [2.45, 2.75) is 195 Å². The topological polar surface area (TPSA) is 463 Å². The summed E-state index contributed by atoms with van der Waals surface area (Å²) >= 11 is 0. The molecule has 4 fully saturated rings. The molecule has 16 N–H and O–H groups in total. The van der Waals surface area contributed by atoms with Crippen LogP contribution in [0.3, 0.4) is 0 Å². The van der Waals surface area contributed by atoms with E-state index in [-0.39, 0.29) is 37.3 Å². The molecule has 4 aliphatic rings. The number of carbonyl (C=O) groups is 7. The molecular weight excluding hydrogens is 1060 g/mol. The van der Waals surface area contributed by atoms with Crippen molar-refractivity contribution < 1.29 is 102 Å². The van der Waals surface area contributed by atoms with Crippen molar-refractivity contribution >= 4 is 47.9 Å². The zero-order valence-electron chi connectivity index (χ0n) is 45.8. The van der Waals surface area contributed by atoms with Gasteiger partial charge in [0.2, 0.25) is 11.8 Å². The number of ether oxygens (including phenoxy) is 9. The number of aliphatic imine (C=N–C) groups is 1. The summed E-state index contributed by atoms with van der Waals surface area (Å²) in [6.45, 7) is 1.30. The number of primary amides is 2. The first-order valence-electron chi connectivity index (χ1n) is 27.3. The summed E-state index contributed by atoms with van der Waals surface area (Å²) in [5, 5.41) is 62.9. The van der Waals surface area contributed by atoms with Crippen LogP contribution in [0.4, 0.5) is 19.2 Å². The van der Waals surface area contributed by atoms with Crippen LogP contribution in [0, 0.1) is 0 Å². The second-order valence-electron chi connectivity index (χ2n) is 19.9. The van der Waals surface area contributed by atoms with E-state index in [0.29, 0.717) is 76.8 Å². The number of urea groups is 1. The van der Waals surface area contributed by atoms with Crippen molar-refractivity contribution in [3.05, 3.63) is 0 Å². The molecule has 0 aliphatic carbocycles. The summed E-state index contributed by atoms with van der Waals surface area (Å²) < 4.78 is 49.3. The minimum atomic E-state index is -1.78. The fourth-order valence-corrected chi connectivity index (χ4v) is 9.42. The highest BCUT2D eigenvalue weighted by Gasteiger charge is 2.53. The smallest absolute Gasteiger partial charge is 0.407 e. The normalized spacial score (nSPS) is 30.4. The third kappa shape index (κ3) is 21.3. The summed E-state index contributed by atoms with van der Waals surface area (Å²) in [6.07, 6.45) is -12.6. The average molecular weight is 1150 g/mol. The number of alkyl carbamates (subject to hydrolysis) is 1. The highest BCUT2D eigenvalue weighted by molar-refractivity contribution is 6.15. The van der Waals surface area contributed by atoms with Crippen LogP contribution in [0.5, 0.6) is 0 Å². The number of amidine groups is 1. The number of nitrogens with zero attached hydrogens (tertiary/aromatic N) is 3. The standard InChI is InChI=1S/C49H86N10O21/c1-27(60)55-18-12-8-10-16-22-59-32(61)23-31(58(49(59)71)21-15-9-4-5-11-17-33(62)72-3)56-19-13-6-7-14-20-57-48(70)75-26-30-41(79-44-34(50)38(64)37(63)28(77-44)24-73-46(52)68)39(65)35(51)45(78-30)80-42-29(25-74-47(53)69)76-43(67)36(54-2)40(42)66/h28-30,34-45,54,63-67H,4-26,50-51H2,1-3H3,(H2,52,68)(H2,53,69)(H,55,60)(H,57,70). The Balaban J connectivity index is 1.34. The molecule has 80 heavy (non-hydrogen) atoms. The Labute approximate surface area is 464 Å². The lowest BCUT2D eigenvalue weighted by Crippen LogP contribution is -2.69. The molecule has 31 nitrogen and oxygen atoms in total. The quantitative estimate of drug-likeness (QED) is 0.0181. The number of amides is 7. The SMILES string of the molecule is CNC1C(O)OC(COC(N)=O)C(OC2OC(COC(=O)NCCCCCCN=C3CC(=O)N(CCCCCCNC(C)=O)C(=O)N3CCCCCCCC(=O)OC)C(OC3OC(COC(N)=O)C(O)C(O)C3N)C(O)C2N)C1O. The highest BCUT2D eigenvalue weighted by atomic mass is 16.7. The molecular formula is C49H86N10O21. The van der Waals surface area contributed by atoms with E-state index in [0.717, 1.165) is 38.5 Å². The van der Waals surface area contributed by atoms with E-state index in [1.54, 1.807) is 4.90 Å². The maximum atomic E-state index is 13.7. The Bertz CT molecular complexity index is 2000. The van der Waals surface area contributed by atoms with Gasteiger partial charge in [-0.3, -0.25) is 29.2 Å². The fraction of sp³-hybridized carbons (Fsp3) is 0.837. The predicted molar refractivity (Wildman–Crippen MR) is 277 cm³/mol. The van der Waals surface area contributed by atoms with E-state index in [1.165, 1.54) is 26.0 Å². The molecule has 4 aliphatic heterocycles. The van der Waals surface area contributed by atoms with Gasteiger partial charge < -0.3 is 107 Å². The van der Waals surface area contributed by atoms with Gasteiger partial charge in [-0.25, -0.2) is 19.2 Å². The van der Waals surface area contributed by atoms with Crippen molar-refractivity contribution in [3.8, 4) is 0 Å². The van der Waals surface area contributed by atoms with Crippen molar-refractivity contribution in [1.29, 1.82) is 0 Å². The second-order valence-corrected chi connectivity index (χ2v) is 19.9. The van der Waals surface area contributed by atoms with E-state index in [1.807, 2.05) is 0 Å². The maximum Gasteiger partial charge on any atom is 0.407 e. The first-order chi connectivity index (χ1) is 38.2. The molecule has 4 rings (SSSR count). The number of likely N-dealkylation sites (N-methyl/N-ethyl adjacent to an activating group) is 1. The zero-order valence-corrected chi connectivity index (χ0v) is 45.8. The van der Waals surface area contributed by atoms with Crippen LogP contribution in [0.25, 0.3) is 0 Å². The number of nitrogens with one attached hydrogen (secondary N) is 3. The van der Waals surface area contributed by atoms with E-state index < -0.39 is 136 Å². The number of imide groups is 1. The predicted octanol–water partition coefficient (Wildman–Crippen LogP) is -2.65. The van der Waals surface area contributed by atoms with Crippen LogP contribution in [-0.2, 0) is 57.0 Å². The molecule has 7 amide bonds. The first kappa shape index (κ1) is 67.3. The van der Waals surface area contributed by atoms with Gasteiger partial charge in [0.05, 0.1) is 31.7 Å². The number of rotatable bonds is 33. The van der Waals surface area contributed by atoms with Crippen molar-refractivity contribution in [1.82, 2.24) is 25.8 Å². The lowest BCUT2D eigenvalue weighted by atomic mass is 9.94. The van der Waals surface area contributed by atoms with Gasteiger partial charge in [-0.1, -0.05) is 44.9 Å². The largest absolute Gasteiger partial charge is 0.469 e. The van der Waals surface area contributed by atoms with Crippen molar-refractivity contribution in [2.75, 3.05) is 66.7 Å². The number of aliphatic hydroxyl groups excluding tert-OH is 5. The molecule has 0 bridgehead atoms. The summed E-state index contributed by atoms with van der Waals surface area (Å²) in [5.74, 6) is -0.256. The summed E-state index contributed by atoms with van der Waals surface area (Å²) in [5.41, 5.74) is 22.8. The maximum absolute atomic E-state index is 13.7. The molecule has 0 radical (unpaired) electrons. The van der Waals surface area contributed by atoms with E-state index in [2.05, 4.69) is 16.0 Å². The molecule has 458 valence electrons. The number of hydrogen-bond acceptors (Lipinski definition) is 25. The number of hydrogen-bond donors (Lipinski definition) is 12.